The number of phenolic OH excluding ortho intramolecular Hbond substituents is 1. The van der Waals surface area contributed by atoms with E-state index in [1.165, 1.54) is 0 Å². The number of nitriles is 1. The number of carbonyl (C=O) groups excluding carboxylic acids is 1. The number of nitrogens with zero attached hydrogens (tertiary/aromatic N) is 4. The van der Waals surface area contributed by atoms with Gasteiger partial charge in [0.2, 0.25) is 0 Å². The quantitative estimate of drug-likeness (QED) is 0.643. The molecule has 33 heavy (non-hydrogen) atoms. The van der Waals surface area contributed by atoms with Crippen molar-refractivity contribution in [3.8, 4) is 23.1 Å². The van der Waals surface area contributed by atoms with Crippen LogP contribution in [-0.2, 0) is 15.7 Å². The highest BCUT2D eigenvalue weighted by atomic mass is 19.4. The van der Waals surface area contributed by atoms with Crippen molar-refractivity contribution in [1.29, 1.82) is 5.26 Å². The number of nitrogens with one attached hydrogen (secondary N) is 1. The van der Waals surface area contributed by atoms with E-state index in [0.717, 1.165) is 38.1 Å². The van der Waals surface area contributed by atoms with E-state index in [-0.39, 0.29) is 22.9 Å². The summed E-state index contributed by atoms with van der Waals surface area (Å²) in [5, 5.41) is 31.1. The molecule has 0 saturated carbocycles. The molecule has 1 fully saturated rings. The molecule has 1 atom stereocenters. The molecule has 1 aromatic carbocycles. The van der Waals surface area contributed by atoms with Crippen molar-refractivity contribution >= 4 is 12.3 Å². The number of anilines is 1. The van der Waals surface area contributed by atoms with Crippen molar-refractivity contribution in [2.75, 3.05) is 32.1 Å². The minimum Gasteiger partial charge on any atom is -0.507 e. The van der Waals surface area contributed by atoms with Crippen LogP contribution >= 0.6 is 0 Å². The number of rotatable bonds is 5. The molecule has 0 bridgehead atoms. The fourth-order valence-corrected chi connectivity index (χ4v) is 3.47. The van der Waals surface area contributed by atoms with Gasteiger partial charge in [-0.15, -0.1) is 10.2 Å². The van der Waals surface area contributed by atoms with Crippen LogP contribution in [0.15, 0.2) is 18.2 Å². The second-order valence-electron chi connectivity index (χ2n) is 7.54. The van der Waals surface area contributed by atoms with Gasteiger partial charge in [-0.1, -0.05) is 0 Å². The predicted octanol–water partition coefficient (Wildman–Crippen LogP) is 3.73. The topological polar surface area (TPSA) is 111 Å². The lowest BCUT2D eigenvalue weighted by atomic mass is 10.0. The van der Waals surface area contributed by atoms with Crippen molar-refractivity contribution in [3.05, 3.63) is 34.9 Å². The summed E-state index contributed by atoms with van der Waals surface area (Å²) in [6, 6.07) is 4.87. The fraction of sp³-hybridized carbons (Fsp3) is 0.455. The van der Waals surface area contributed by atoms with Gasteiger partial charge in [-0.2, -0.15) is 18.4 Å². The third-order valence-corrected chi connectivity index (χ3v) is 5.11. The molecule has 11 heteroatoms. The predicted molar refractivity (Wildman–Crippen MR) is 115 cm³/mol. The summed E-state index contributed by atoms with van der Waals surface area (Å²) in [5.41, 5.74) is 0.0175. The summed E-state index contributed by atoms with van der Waals surface area (Å²) in [6.45, 7) is 6.13. The molecule has 178 valence electrons. The molecular weight excluding hydrogens is 439 g/mol. The van der Waals surface area contributed by atoms with Gasteiger partial charge in [-0.05, 0) is 64.0 Å². The van der Waals surface area contributed by atoms with E-state index in [1.54, 1.807) is 13.8 Å². The van der Waals surface area contributed by atoms with E-state index < -0.39 is 17.5 Å². The zero-order chi connectivity index (χ0) is 24.6. The smallest absolute Gasteiger partial charge is 0.416 e. The van der Waals surface area contributed by atoms with Gasteiger partial charge in [0.05, 0.1) is 12.2 Å². The van der Waals surface area contributed by atoms with Crippen LogP contribution in [0, 0.1) is 18.3 Å². The number of likely N-dealkylation sites (tertiary alicyclic amines) is 1. The number of carbonyl (C=O) groups is 1. The molecule has 1 aromatic heterocycles. The van der Waals surface area contributed by atoms with Gasteiger partial charge in [0, 0.05) is 18.2 Å². The first-order valence-electron chi connectivity index (χ1n) is 10.3. The number of phenols is 1. The maximum Gasteiger partial charge on any atom is 0.416 e. The molecule has 1 unspecified atom stereocenters. The summed E-state index contributed by atoms with van der Waals surface area (Å²) < 4.78 is 42.6. The highest BCUT2D eigenvalue weighted by Crippen LogP contribution is 2.37. The van der Waals surface area contributed by atoms with Gasteiger partial charge in [-0.3, -0.25) is 4.79 Å². The first-order chi connectivity index (χ1) is 15.6. The van der Waals surface area contributed by atoms with Gasteiger partial charge in [0.1, 0.15) is 23.1 Å². The molecule has 8 nitrogen and oxygen atoms in total. The molecule has 2 aromatic rings. The van der Waals surface area contributed by atoms with Crippen molar-refractivity contribution in [1.82, 2.24) is 15.1 Å². The Morgan fingerprint density at radius 3 is 2.64 bits per heavy atom. The molecular formula is C22H26F3N5O3. The summed E-state index contributed by atoms with van der Waals surface area (Å²) in [4.78, 5) is 11.4. The third kappa shape index (κ3) is 6.79. The lowest BCUT2D eigenvalue weighted by molar-refractivity contribution is -0.137. The van der Waals surface area contributed by atoms with E-state index in [9.17, 15) is 28.3 Å². The van der Waals surface area contributed by atoms with Gasteiger partial charge in [-0.25, -0.2) is 0 Å². The van der Waals surface area contributed by atoms with Gasteiger partial charge < -0.3 is 20.1 Å². The second kappa shape index (κ2) is 11.5. The first kappa shape index (κ1) is 25.9. The monoisotopic (exact) mass is 465 g/mol. The Morgan fingerprint density at radius 1 is 1.39 bits per heavy atom. The van der Waals surface area contributed by atoms with E-state index in [2.05, 4.69) is 31.2 Å². The Hall–Kier alpha value is -3.39. The van der Waals surface area contributed by atoms with Crippen LogP contribution in [0.3, 0.4) is 0 Å². The minimum atomic E-state index is -4.56. The maximum atomic E-state index is 12.8. The summed E-state index contributed by atoms with van der Waals surface area (Å²) in [7, 11) is 2.02. The standard InChI is InChI=1S/C19H20F3N5O.C3H6O2/c1-11-15(9-23)18(24-13-4-3-7-27(2)10-13)26-25-17(11)14-6-5-12(8-16(14)28)19(20,21)22;1-2-5-3-4/h5-6,8,13,28H,3-4,7,10H2,1-2H3,(H,24,26);3H,2H2,1H3. The van der Waals surface area contributed by atoms with Crippen LogP contribution in [0.4, 0.5) is 19.0 Å². The third-order valence-electron chi connectivity index (χ3n) is 5.11. The van der Waals surface area contributed by atoms with E-state index in [1.807, 2.05) is 7.05 Å². The fourth-order valence-electron chi connectivity index (χ4n) is 3.47. The molecule has 1 saturated heterocycles. The number of aromatic nitrogens is 2. The van der Waals surface area contributed by atoms with Crippen LogP contribution in [-0.4, -0.2) is 59.5 Å². The molecule has 0 radical (unpaired) electrons. The van der Waals surface area contributed by atoms with Gasteiger partial charge in [0.25, 0.3) is 6.47 Å². The number of hydrogen-bond donors (Lipinski definition) is 2. The summed E-state index contributed by atoms with van der Waals surface area (Å²) >= 11 is 0. The van der Waals surface area contributed by atoms with Gasteiger partial charge in [0.15, 0.2) is 5.82 Å². The Kier molecular flexibility index (Phi) is 8.99. The van der Waals surface area contributed by atoms with Crippen molar-refractivity contribution in [2.45, 2.75) is 38.9 Å². The van der Waals surface area contributed by atoms with E-state index >= 15 is 0 Å². The van der Waals surface area contributed by atoms with Crippen LogP contribution < -0.4 is 5.32 Å². The Bertz CT molecular complexity index is 1010. The number of alkyl halides is 3. The lowest BCUT2D eigenvalue weighted by Gasteiger charge is -2.30. The molecule has 0 aliphatic carbocycles. The number of benzene rings is 1. The average molecular weight is 465 g/mol. The number of hydrogen-bond acceptors (Lipinski definition) is 8. The van der Waals surface area contributed by atoms with Gasteiger partial charge >= 0.3 is 6.18 Å². The number of ether oxygens (including phenoxy) is 1. The highest BCUT2D eigenvalue weighted by molar-refractivity contribution is 5.74. The van der Waals surface area contributed by atoms with Crippen molar-refractivity contribution in [2.24, 2.45) is 0 Å². The number of halogens is 3. The van der Waals surface area contributed by atoms with E-state index in [0.29, 0.717) is 30.5 Å². The molecule has 2 N–H and O–H groups in total. The summed E-state index contributed by atoms with van der Waals surface area (Å²) in [6.07, 6.45) is -2.59. The number of likely N-dealkylation sites (N-methyl/N-ethyl adjacent to an activating group) is 1. The Balaban J connectivity index is 0.000000696. The number of piperidine rings is 1. The van der Waals surface area contributed by atoms with Crippen LogP contribution in [0.2, 0.25) is 0 Å². The SMILES string of the molecule is CCOC=O.Cc1c(-c2ccc(C(F)(F)F)cc2O)nnc(NC2CCCN(C)C2)c1C#N. The minimum absolute atomic E-state index is 0.0958. The van der Waals surface area contributed by atoms with Crippen LogP contribution in [0.25, 0.3) is 11.3 Å². The van der Waals surface area contributed by atoms with Crippen molar-refractivity contribution < 1.29 is 27.8 Å². The zero-order valence-electron chi connectivity index (χ0n) is 18.6. The lowest BCUT2D eigenvalue weighted by Crippen LogP contribution is -2.40. The number of aromatic hydroxyl groups is 1. The molecule has 3 rings (SSSR count). The van der Waals surface area contributed by atoms with E-state index in [4.69, 9.17) is 0 Å². The average Bonchev–Trinajstić information content (AvgIpc) is 2.75. The Labute approximate surface area is 190 Å². The summed E-state index contributed by atoms with van der Waals surface area (Å²) in [5.74, 6) is -0.221. The Morgan fingerprint density at radius 2 is 2.12 bits per heavy atom. The van der Waals surface area contributed by atoms with Crippen LogP contribution in [0.5, 0.6) is 5.75 Å². The first-order valence-corrected chi connectivity index (χ1v) is 10.3. The maximum absolute atomic E-state index is 12.8. The van der Waals surface area contributed by atoms with Crippen molar-refractivity contribution in [3.63, 3.8) is 0 Å². The molecule has 1 aliphatic heterocycles. The molecule has 2 heterocycles. The van der Waals surface area contributed by atoms with Crippen LogP contribution in [0.1, 0.15) is 36.5 Å². The zero-order valence-corrected chi connectivity index (χ0v) is 18.6. The molecule has 1 aliphatic rings. The normalized spacial score (nSPS) is 16.2. The largest absolute Gasteiger partial charge is 0.507 e. The molecule has 0 spiro atoms. The second-order valence-corrected chi connectivity index (χ2v) is 7.54. The highest BCUT2D eigenvalue weighted by Gasteiger charge is 2.31. The molecule has 0 amide bonds.